The van der Waals surface area contributed by atoms with E-state index in [1.165, 1.54) is 6.20 Å². The molecular weight excluding hydrogens is 291 g/mol. The van der Waals surface area contributed by atoms with Crippen LogP contribution in [0.5, 0.6) is 0 Å². The number of pyridine rings is 1. The van der Waals surface area contributed by atoms with Crippen molar-refractivity contribution in [2.75, 3.05) is 20.3 Å². The molecule has 0 fully saturated rings. The molecule has 0 radical (unpaired) electrons. The van der Waals surface area contributed by atoms with Gasteiger partial charge in [-0.05, 0) is 12.5 Å². The molecule has 1 amide bonds. The van der Waals surface area contributed by atoms with Crippen molar-refractivity contribution in [3.05, 3.63) is 29.8 Å². The highest BCUT2D eigenvalue weighted by atomic mass is 79.9. The Morgan fingerprint density at radius 3 is 3.06 bits per heavy atom. The molecule has 1 aromatic heterocycles. The molecule has 1 unspecified atom stereocenters. The van der Waals surface area contributed by atoms with Crippen LogP contribution in [0.25, 0.3) is 0 Å². The predicted octanol–water partition coefficient (Wildman–Crippen LogP) is 1.75. The minimum atomic E-state index is -0.518. The smallest absolute Gasteiger partial charge is 0.252 e. The second kappa shape index (κ2) is 7.34. The van der Waals surface area contributed by atoms with Crippen molar-refractivity contribution in [2.24, 2.45) is 0 Å². The molecule has 1 aromatic rings. The van der Waals surface area contributed by atoms with E-state index < -0.39 is 5.82 Å². The molecule has 1 heterocycles. The maximum atomic E-state index is 12.8. The summed E-state index contributed by atoms with van der Waals surface area (Å²) in [5.41, 5.74) is 0.225. The third kappa shape index (κ3) is 5.23. The Bertz CT molecular complexity index is 376. The first-order chi connectivity index (χ1) is 8.13. The summed E-state index contributed by atoms with van der Waals surface area (Å²) in [4.78, 5) is 15.4. The summed E-state index contributed by atoms with van der Waals surface area (Å²) in [5, 5.41) is 2.68. The second-order valence-corrected chi connectivity index (χ2v) is 4.78. The van der Waals surface area contributed by atoms with Gasteiger partial charge in [0.2, 0.25) is 0 Å². The van der Waals surface area contributed by atoms with Gasteiger partial charge in [-0.1, -0.05) is 15.9 Å². The Morgan fingerprint density at radius 1 is 1.65 bits per heavy atom. The van der Waals surface area contributed by atoms with Gasteiger partial charge in [0.25, 0.3) is 5.91 Å². The van der Waals surface area contributed by atoms with Crippen LogP contribution in [0.1, 0.15) is 16.8 Å². The Hall–Kier alpha value is -1.01. The highest BCUT2D eigenvalue weighted by Crippen LogP contribution is 2.05. The number of nitrogens with zero attached hydrogens (tertiary/aromatic N) is 1. The number of amides is 1. The number of carbonyl (C=O) groups is 1. The zero-order chi connectivity index (χ0) is 12.7. The molecule has 17 heavy (non-hydrogen) atoms. The normalized spacial score (nSPS) is 12.2. The van der Waals surface area contributed by atoms with Crippen LogP contribution in [0, 0.1) is 5.82 Å². The lowest BCUT2D eigenvalue weighted by atomic mass is 10.2. The fourth-order valence-electron chi connectivity index (χ4n) is 1.24. The third-order valence-corrected chi connectivity index (χ3v) is 2.78. The average molecular weight is 305 g/mol. The van der Waals surface area contributed by atoms with E-state index in [4.69, 9.17) is 4.74 Å². The minimum absolute atomic E-state index is 0.193. The van der Waals surface area contributed by atoms with E-state index >= 15 is 0 Å². The van der Waals surface area contributed by atoms with E-state index in [9.17, 15) is 9.18 Å². The molecule has 6 heteroatoms. The molecule has 0 aliphatic rings. The fourth-order valence-corrected chi connectivity index (χ4v) is 1.74. The predicted molar refractivity (Wildman–Crippen MR) is 65.7 cm³/mol. The monoisotopic (exact) mass is 304 g/mol. The number of methoxy groups -OCH3 is 1. The molecule has 1 atom stereocenters. The van der Waals surface area contributed by atoms with Gasteiger partial charge in [0, 0.05) is 24.7 Å². The number of alkyl halides is 1. The number of aromatic nitrogens is 1. The van der Waals surface area contributed by atoms with Gasteiger partial charge in [-0.2, -0.15) is 0 Å². The van der Waals surface area contributed by atoms with Gasteiger partial charge in [-0.3, -0.25) is 9.78 Å². The zero-order valence-electron chi connectivity index (χ0n) is 9.45. The van der Waals surface area contributed by atoms with Gasteiger partial charge in [-0.15, -0.1) is 0 Å². The number of hydrogen-bond acceptors (Lipinski definition) is 3. The molecule has 0 spiro atoms. The lowest BCUT2D eigenvalue weighted by molar-refractivity contribution is 0.0951. The van der Waals surface area contributed by atoms with Crippen molar-refractivity contribution in [3.8, 4) is 0 Å². The van der Waals surface area contributed by atoms with Crippen LogP contribution < -0.4 is 5.32 Å². The Balaban J connectivity index is 2.35. The van der Waals surface area contributed by atoms with E-state index in [0.717, 1.165) is 18.7 Å². The summed E-state index contributed by atoms with van der Waals surface area (Å²) in [5.74, 6) is -0.843. The van der Waals surface area contributed by atoms with Gasteiger partial charge in [0.15, 0.2) is 0 Å². The van der Waals surface area contributed by atoms with Crippen LogP contribution in [-0.4, -0.2) is 36.0 Å². The van der Waals surface area contributed by atoms with Crippen molar-refractivity contribution in [1.29, 1.82) is 0 Å². The highest BCUT2D eigenvalue weighted by molar-refractivity contribution is 9.09. The topological polar surface area (TPSA) is 51.2 Å². The summed E-state index contributed by atoms with van der Waals surface area (Å²) in [7, 11) is 1.62. The first-order valence-corrected chi connectivity index (χ1v) is 6.07. The minimum Gasteiger partial charge on any atom is -0.384 e. The number of ether oxygens (including phenoxy) is 1. The van der Waals surface area contributed by atoms with Crippen LogP contribution in [0.3, 0.4) is 0 Å². The molecule has 0 saturated carbocycles. The standard InChI is InChI=1S/C11H14BrFN2O2/c1-17-7-9(12)2-3-15-11(16)8-4-10(13)6-14-5-8/h4-6,9H,2-3,7H2,1H3,(H,15,16). The summed E-state index contributed by atoms with van der Waals surface area (Å²) < 4.78 is 17.8. The molecule has 0 aromatic carbocycles. The van der Waals surface area contributed by atoms with Gasteiger partial charge >= 0.3 is 0 Å². The van der Waals surface area contributed by atoms with E-state index in [2.05, 4.69) is 26.2 Å². The molecule has 94 valence electrons. The molecule has 0 bridgehead atoms. The van der Waals surface area contributed by atoms with E-state index in [-0.39, 0.29) is 16.3 Å². The maximum Gasteiger partial charge on any atom is 0.252 e. The largest absolute Gasteiger partial charge is 0.384 e. The number of nitrogens with one attached hydrogen (secondary N) is 1. The lowest BCUT2D eigenvalue weighted by Crippen LogP contribution is -2.27. The SMILES string of the molecule is COCC(Br)CCNC(=O)c1cncc(F)c1. The first-order valence-electron chi connectivity index (χ1n) is 5.15. The van der Waals surface area contributed by atoms with Crippen LogP contribution >= 0.6 is 15.9 Å². The molecule has 4 nitrogen and oxygen atoms in total. The van der Waals surface area contributed by atoms with Gasteiger partial charge < -0.3 is 10.1 Å². The van der Waals surface area contributed by atoms with E-state index in [1.54, 1.807) is 7.11 Å². The Kier molecular flexibility index (Phi) is 6.07. The number of hydrogen-bond donors (Lipinski definition) is 1. The van der Waals surface area contributed by atoms with Gasteiger partial charge in [0.1, 0.15) is 5.82 Å². The average Bonchev–Trinajstić information content (AvgIpc) is 2.29. The summed E-state index contributed by atoms with van der Waals surface area (Å²) in [6.07, 6.45) is 3.13. The lowest BCUT2D eigenvalue weighted by Gasteiger charge is -2.09. The van der Waals surface area contributed by atoms with Crippen LogP contribution in [-0.2, 0) is 4.74 Å². The Labute approximate surface area is 108 Å². The van der Waals surface area contributed by atoms with E-state index in [1.807, 2.05) is 0 Å². The fraction of sp³-hybridized carbons (Fsp3) is 0.455. The number of halogens is 2. The quantitative estimate of drug-likeness (QED) is 0.815. The van der Waals surface area contributed by atoms with Crippen molar-refractivity contribution >= 4 is 21.8 Å². The van der Waals surface area contributed by atoms with Crippen molar-refractivity contribution in [2.45, 2.75) is 11.2 Å². The number of rotatable bonds is 6. The van der Waals surface area contributed by atoms with Crippen LogP contribution in [0.4, 0.5) is 4.39 Å². The molecule has 0 aliphatic carbocycles. The zero-order valence-corrected chi connectivity index (χ0v) is 11.0. The Morgan fingerprint density at radius 2 is 2.41 bits per heavy atom. The maximum absolute atomic E-state index is 12.8. The number of carbonyl (C=O) groups excluding carboxylic acids is 1. The summed E-state index contributed by atoms with van der Waals surface area (Å²) in [6, 6.07) is 1.16. The first kappa shape index (κ1) is 14.1. The van der Waals surface area contributed by atoms with Crippen LogP contribution in [0.15, 0.2) is 18.5 Å². The van der Waals surface area contributed by atoms with Crippen molar-refractivity contribution in [1.82, 2.24) is 10.3 Å². The molecule has 1 rings (SSSR count). The third-order valence-electron chi connectivity index (χ3n) is 2.06. The van der Waals surface area contributed by atoms with Crippen molar-refractivity contribution in [3.63, 3.8) is 0 Å². The molecule has 0 aliphatic heterocycles. The van der Waals surface area contributed by atoms with Gasteiger partial charge in [-0.25, -0.2) is 4.39 Å². The van der Waals surface area contributed by atoms with E-state index in [0.29, 0.717) is 13.2 Å². The molecule has 1 N–H and O–H groups in total. The van der Waals surface area contributed by atoms with Crippen molar-refractivity contribution < 1.29 is 13.9 Å². The van der Waals surface area contributed by atoms with Gasteiger partial charge in [0.05, 0.1) is 18.4 Å². The highest BCUT2D eigenvalue weighted by Gasteiger charge is 2.08. The second-order valence-electron chi connectivity index (χ2n) is 3.49. The molecule has 0 saturated heterocycles. The molecular formula is C11H14BrFN2O2. The van der Waals surface area contributed by atoms with Crippen LogP contribution in [0.2, 0.25) is 0 Å². The summed E-state index contributed by atoms with van der Waals surface area (Å²) >= 11 is 3.41. The summed E-state index contributed by atoms with van der Waals surface area (Å²) in [6.45, 7) is 1.08.